The fraction of sp³-hybridized carbons (Fsp3) is 0.176. The molecule has 3 aromatic rings. The number of halogens is 1. The van der Waals surface area contributed by atoms with Crippen LogP contribution in [-0.2, 0) is 0 Å². The molecule has 0 atom stereocenters. The Morgan fingerprint density at radius 2 is 1.71 bits per heavy atom. The summed E-state index contributed by atoms with van der Waals surface area (Å²) in [7, 11) is 3.20. The zero-order chi connectivity index (χ0) is 15.0. The predicted molar refractivity (Wildman–Crippen MR) is 79.4 cm³/mol. The lowest BCUT2D eigenvalue weighted by Crippen LogP contribution is -1.88. The molecule has 1 aromatic heterocycles. The molecule has 0 N–H and O–H groups in total. The Kier molecular flexibility index (Phi) is 3.29. The van der Waals surface area contributed by atoms with Crippen molar-refractivity contribution in [3.8, 4) is 22.6 Å². The van der Waals surface area contributed by atoms with Crippen molar-refractivity contribution in [3.63, 3.8) is 0 Å². The number of hydrogen-bond acceptors (Lipinski definition) is 3. The highest BCUT2D eigenvalue weighted by Crippen LogP contribution is 2.42. The summed E-state index contributed by atoms with van der Waals surface area (Å²) in [6, 6.07) is 9.96. The van der Waals surface area contributed by atoms with E-state index in [9.17, 15) is 4.39 Å². The maximum atomic E-state index is 13.1. The summed E-state index contributed by atoms with van der Waals surface area (Å²) >= 11 is 0. The third-order valence-electron chi connectivity index (χ3n) is 3.49. The normalized spacial score (nSPS) is 10.9. The Labute approximate surface area is 121 Å². The molecule has 21 heavy (non-hydrogen) atoms. The molecule has 0 saturated heterocycles. The lowest BCUT2D eigenvalue weighted by Gasteiger charge is -2.07. The minimum Gasteiger partial charge on any atom is -0.496 e. The number of furan rings is 1. The molecule has 4 heteroatoms. The molecule has 0 unspecified atom stereocenters. The van der Waals surface area contributed by atoms with Gasteiger partial charge < -0.3 is 13.9 Å². The molecule has 0 fully saturated rings. The van der Waals surface area contributed by atoms with E-state index >= 15 is 0 Å². The van der Waals surface area contributed by atoms with Crippen LogP contribution in [0.15, 0.2) is 40.8 Å². The van der Waals surface area contributed by atoms with Gasteiger partial charge in [-0.2, -0.15) is 0 Å². The molecule has 3 nitrogen and oxygen atoms in total. The van der Waals surface area contributed by atoms with Gasteiger partial charge in [-0.25, -0.2) is 4.39 Å². The first-order valence-corrected chi connectivity index (χ1v) is 6.55. The van der Waals surface area contributed by atoms with Gasteiger partial charge >= 0.3 is 0 Å². The van der Waals surface area contributed by atoms with Crippen molar-refractivity contribution >= 4 is 11.0 Å². The minimum absolute atomic E-state index is 0.266. The molecule has 0 aliphatic heterocycles. The van der Waals surface area contributed by atoms with E-state index in [1.54, 1.807) is 26.4 Å². The Balaban J connectivity index is 2.32. The van der Waals surface area contributed by atoms with E-state index < -0.39 is 0 Å². The van der Waals surface area contributed by atoms with Gasteiger partial charge in [0.05, 0.1) is 19.6 Å². The van der Waals surface area contributed by atoms with Crippen molar-refractivity contribution in [1.82, 2.24) is 0 Å². The van der Waals surface area contributed by atoms with Gasteiger partial charge in [-0.3, -0.25) is 0 Å². The first kappa shape index (κ1) is 13.5. The highest BCUT2D eigenvalue weighted by Gasteiger charge is 2.18. The summed E-state index contributed by atoms with van der Waals surface area (Å²) in [5.41, 5.74) is 2.48. The minimum atomic E-state index is -0.266. The van der Waals surface area contributed by atoms with Gasteiger partial charge in [-0.15, -0.1) is 0 Å². The summed E-state index contributed by atoms with van der Waals surface area (Å²) in [6.07, 6.45) is 0. The lowest BCUT2D eigenvalue weighted by atomic mass is 10.0. The topological polar surface area (TPSA) is 31.6 Å². The number of methoxy groups -OCH3 is 2. The van der Waals surface area contributed by atoms with Crippen molar-refractivity contribution in [2.24, 2.45) is 0 Å². The van der Waals surface area contributed by atoms with Gasteiger partial charge in [0.1, 0.15) is 28.7 Å². The van der Waals surface area contributed by atoms with Crippen LogP contribution in [0.5, 0.6) is 11.5 Å². The Morgan fingerprint density at radius 1 is 1.00 bits per heavy atom. The average Bonchev–Trinajstić information content (AvgIpc) is 2.83. The SMILES string of the molecule is COc1cc(OC)c2c(-c3ccc(F)cc3)c(C)oc2c1. The van der Waals surface area contributed by atoms with Gasteiger partial charge in [-0.1, -0.05) is 12.1 Å². The largest absolute Gasteiger partial charge is 0.496 e. The van der Waals surface area contributed by atoms with Gasteiger partial charge in [0, 0.05) is 17.7 Å². The molecule has 2 aromatic carbocycles. The van der Waals surface area contributed by atoms with Crippen LogP contribution in [-0.4, -0.2) is 14.2 Å². The number of aryl methyl sites for hydroxylation is 1. The third-order valence-corrected chi connectivity index (χ3v) is 3.49. The molecule has 0 amide bonds. The van der Waals surface area contributed by atoms with Gasteiger partial charge in [-0.05, 0) is 24.6 Å². The number of hydrogen-bond donors (Lipinski definition) is 0. The quantitative estimate of drug-likeness (QED) is 0.707. The Morgan fingerprint density at radius 3 is 2.33 bits per heavy atom. The number of fused-ring (bicyclic) bond motifs is 1. The van der Waals surface area contributed by atoms with Crippen molar-refractivity contribution in [1.29, 1.82) is 0 Å². The summed E-state index contributed by atoms with van der Waals surface area (Å²) in [5, 5.41) is 0.863. The molecule has 3 rings (SSSR count). The van der Waals surface area contributed by atoms with Crippen LogP contribution >= 0.6 is 0 Å². The van der Waals surface area contributed by atoms with Crippen molar-refractivity contribution in [2.75, 3.05) is 14.2 Å². The summed E-state index contributed by atoms with van der Waals surface area (Å²) in [5.74, 6) is 1.82. The molecule has 0 radical (unpaired) electrons. The molecule has 0 spiro atoms. The van der Waals surface area contributed by atoms with Crippen LogP contribution < -0.4 is 9.47 Å². The van der Waals surface area contributed by atoms with E-state index in [-0.39, 0.29) is 5.82 Å². The molecule has 0 aliphatic carbocycles. The van der Waals surface area contributed by atoms with E-state index in [2.05, 4.69) is 0 Å². The molecule has 0 aliphatic rings. The van der Waals surface area contributed by atoms with Crippen LogP contribution in [0, 0.1) is 12.7 Å². The van der Waals surface area contributed by atoms with E-state index in [4.69, 9.17) is 13.9 Å². The van der Waals surface area contributed by atoms with Crippen LogP contribution in [0.1, 0.15) is 5.76 Å². The molecule has 0 saturated carbocycles. The highest BCUT2D eigenvalue weighted by atomic mass is 19.1. The summed E-state index contributed by atoms with van der Waals surface area (Å²) < 4.78 is 29.6. The van der Waals surface area contributed by atoms with Crippen molar-refractivity contribution in [2.45, 2.75) is 6.92 Å². The first-order chi connectivity index (χ1) is 10.1. The van der Waals surface area contributed by atoms with Gasteiger partial charge in [0.2, 0.25) is 0 Å². The lowest BCUT2D eigenvalue weighted by molar-refractivity contribution is 0.397. The number of benzene rings is 2. The van der Waals surface area contributed by atoms with Crippen LogP contribution in [0.25, 0.3) is 22.1 Å². The van der Waals surface area contributed by atoms with E-state index in [0.29, 0.717) is 17.1 Å². The van der Waals surface area contributed by atoms with E-state index in [0.717, 1.165) is 22.3 Å². The highest BCUT2D eigenvalue weighted by molar-refractivity contribution is 6.00. The second-order valence-electron chi connectivity index (χ2n) is 4.74. The van der Waals surface area contributed by atoms with Crippen LogP contribution in [0.2, 0.25) is 0 Å². The van der Waals surface area contributed by atoms with E-state index in [1.807, 2.05) is 19.1 Å². The number of ether oxygens (including phenoxy) is 2. The van der Waals surface area contributed by atoms with E-state index in [1.165, 1.54) is 12.1 Å². The zero-order valence-electron chi connectivity index (χ0n) is 12.1. The second kappa shape index (κ2) is 5.13. The Bertz CT molecular complexity index is 788. The predicted octanol–water partition coefficient (Wildman–Crippen LogP) is 4.56. The van der Waals surface area contributed by atoms with Gasteiger partial charge in [0.25, 0.3) is 0 Å². The molecule has 1 heterocycles. The number of rotatable bonds is 3. The monoisotopic (exact) mass is 286 g/mol. The molecule has 0 bridgehead atoms. The summed E-state index contributed by atoms with van der Waals surface area (Å²) in [6.45, 7) is 1.88. The third kappa shape index (κ3) is 2.23. The van der Waals surface area contributed by atoms with Crippen molar-refractivity contribution < 1.29 is 18.3 Å². The van der Waals surface area contributed by atoms with Crippen LogP contribution in [0.3, 0.4) is 0 Å². The zero-order valence-corrected chi connectivity index (χ0v) is 12.1. The second-order valence-corrected chi connectivity index (χ2v) is 4.74. The smallest absolute Gasteiger partial charge is 0.142 e. The van der Waals surface area contributed by atoms with Crippen molar-refractivity contribution in [3.05, 3.63) is 48.0 Å². The maximum absolute atomic E-state index is 13.1. The molecular weight excluding hydrogens is 271 g/mol. The Hall–Kier alpha value is -2.49. The molecular formula is C17H15FO3. The fourth-order valence-electron chi connectivity index (χ4n) is 2.53. The van der Waals surface area contributed by atoms with Gasteiger partial charge in [0.15, 0.2) is 0 Å². The maximum Gasteiger partial charge on any atom is 0.142 e. The van der Waals surface area contributed by atoms with Crippen LogP contribution in [0.4, 0.5) is 4.39 Å². The fourth-order valence-corrected chi connectivity index (χ4v) is 2.53. The average molecular weight is 286 g/mol. The standard InChI is InChI=1S/C17H15FO3/c1-10-16(11-4-6-12(18)7-5-11)17-14(20-3)8-13(19-2)9-15(17)21-10/h4-9H,1-3H3. The first-order valence-electron chi connectivity index (χ1n) is 6.55. The molecule has 108 valence electrons. The summed E-state index contributed by atoms with van der Waals surface area (Å²) in [4.78, 5) is 0.